The third-order valence-electron chi connectivity index (χ3n) is 4.42. The number of para-hydroxylation sites is 1. The summed E-state index contributed by atoms with van der Waals surface area (Å²) >= 11 is 0. The molecule has 1 heterocycles. The van der Waals surface area contributed by atoms with Gasteiger partial charge in [0.25, 0.3) is 0 Å². The molecule has 4 rings (SSSR count). The molecule has 0 bridgehead atoms. The van der Waals surface area contributed by atoms with Crippen molar-refractivity contribution in [3.8, 4) is 11.1 Å². The lowest BCUT2D eigenvalue weighted by molar-refractivity contribution is 0.592. The van der Waals surface area contributed by atoms with Gasteiger partial charge in [0, 0.05) is 10.8 Å². The molecule has 0 spiro atoms. The number of rotatable bonds is 1. The minimum atomic E-state index is 0.115. The molecule has 4 aromatic rings. The molecule has 0 aliphatic heterocycles. The van der Waals surface area contributed by atoms with Crippen molar-refractivity contribution in [3.63, 3.8) is 0 Å². The molecule has 0 saturated heterocycles. The highest BCUT2D eigenvalue weighted by molar-refractivity contribution is 6.06. The molecular weight excluding hydrogens is 280 g/mol. The van der Waals surface area contributed by atoms with E-state index in [1.54, 1.807) is 0 Å². The van der Waals surface area contributed by atoms with E-state index in [1.807, 2.05) is 12.1 Å². The zero-order valence-corrected chi connectivity index (χ0v) is 13.8. The number of fused-ring (bicyclic) bond motifs is 3. The van der Waals surface area contributed by atoms with Crippen LogP contribution in [0.3, 0.4) is 0 Å². The van der Waals surface area contributed by atoms with Crippen LogP contribution in [0.4, 0.5) is 0 Å². The van der Waals surface area contributed by atoms with Crippen molar-refractivity contribution in [2.45, 2.75) is 26.2 Å². The second-order valence-corrected chi connectivity index (χ2v) is 7.10. The first-order valence-corrected chi connectivity index (χ1v) is 8.05. The van der Waals surface area contributed by atoms with E-state index in [9.17, 15) is 0 Å². The third-order valence-corrected chi connectivity index (χ3v) is 4.42. The van der Waals surface area contributed by atoms with E-state index in [1.165, 1.54) is 27.5 Å². The summed E-state index contributed by atoms with van der Waals surface area (Å²) in [5.41, 5.74) is 5.92. The summed E-state index contributed by atoms with van der Waals surface area (Å²) in [6, 6.07) is 23.4. The van der Waals surface area contributed by atoms with Gasteiger partial charge in [-0.1, -0.05) is 69.3 Å². The zero-order valence-electron chi connectivity index (χ0n) is 13.8. The Bertz CT molecular complexity index is 999. The summed E-state index contributed by atoms with van der Waals surface area (Å²) in [6.07, 6.45) is 0. The van der Waals surface area contributed by atoms with E-state index in [4.69, 9.17) is 4.42 Å². The molecule has 0 atom stereocenters. The number of hydrogen-bond acceptors (Lipinski definition) is 1. The van der Waals surface area contributed by atoms with E-state index >= 15 is 0 Å². The van der Waals surface area contributed by atoms with Gasteiger partial charge in [0.1, 0.15) is 11.2 Å². The van der Waals surface area contributed by atoms with Crippen molar-refractivity contribution < 1.29 is 4.42 Å². The van der Waals surface area contributed by atoms with Gasteiger partial charge in [0.15, 0.2) is 0 Å². The smallest absolute Gasteiger partial charge is 0.135 e. The summed E-state index contributed by atoms with van der Waals surface area (Å²) in [5, 5.41) is 2.36. The molecule has 1 heteroatoms. The molecule has 114 valence electrons. The number of furan rings is 1. The van der Waals surface area contributed by atoms with E-state index in [2.05, 4.69) is 75.4 Å². The highest BCUT2D eigenvalue weighted by Gasteiger charge is 2.18. The van der Waals surface area contributed by atoms with Crippen LogP contribution in [0.1, 0.15) is 26.3 Å². The molecule has 0 radical (unpaired) electrons. The maximum absolute atomic E-state index is 5.94. The Hall–Kier alpha value is -2.54. The maximum Gasteiger partial charge on any atom is 0.135 e. The minimum Gasteiger partial charge on any atom is -0.456 e. The van der Waals surface area contributed by atoms with Crippen LogP contribution in [0.15, 0.2) is 71.1 Å². The van der Waals surface area contributed by atoms with Crippen molar-refractivity contribution in [1.29, 1.82) is 0 Å². The van der Waals surface area contributed by atoms with Crippen LogP contribution in [0.25, 0.3) is 33.1 Å². The summed E-state index contributed by atoms with van der Waals surface area (Å²) in [4.78, 5) is 0. The minimum absolute atomic E-state index is 0.115. The first-order valence-electron chi connectivity index (χ1n) is 8.05. The Balaban J connectivity index is 1.99. The number of benzene rings is 3. The Morgan fingerprint density at radius 2 is 1.39 bits per heavy atom. The predicted octanol–water partition coefficient (Wildman–Crippen LogP) is 6.55. The number of hydrogen-bond donors (Lipinski definition) is 0. The van der Waals surface area contributed by atoms with Gasteiger partial charge in [-0.2, -0.15) is 0 Å². The standard InChI is InChI=1S/C22H20O/c1-22(2,3)19-10-6-4-8-16(19)15-12-13-21-18(14-15)17-9-5-7-11-20(17)23-21/h4-14H,1-3H3. The van der Waals surface area contributed by atoms with Crippen molar-refractivity contribution in [3.05, 3.63) is 72.3 Å². The second kappa shape index (κ2) is 4.99. The molecule has 0 N–H and O–H groups in total. The third kappa shape index (κ3) is 2.33. The fourth-order valence-corrected chi connectivity index (χ4v) is 3.28. The summed E-state index contributed by atoms with van der Waals surface area (Å²) in [5.74, 6) is 0. The Morgan fingerprint density at radius 1 is 0.696 bits per heavy atom. The Labute approximate surface area is 136 Å². The first-order chi connectivity index (χ1) is 11.0. The van der Waals surface area contributed by atoms with Crippen LogP contribution in [0.5, 0.6) is 0 Å². The average Bonchev–Trinajstić information content (AvgIpc) is 2.92. The fraction of sp³-hybridized carbons (Fsp3) is 0.182. The molecule has 3 aromatic carbocycles. The van der Waals surface area contributed by atoms with Gasteiger partial charge >= 0.3 is 0 Å². The van der Waals surface area contributed by atoms with Crippen LogP contribution in [-0.4, -0.2) is 0 Å². The summed E-state index contributed by atoms with van der Waals surface area (Å²) in [7, 11) is 0. The predicted molar refractivity (Wildman–Crippen MR) is 97.9 cm³/mol. The van der Waals surface area contributed by atoms with Crippen LogP contribution < -0.4 is 0 Å². The normalized spacial score (nSPS) is 12.1. The molecule has 0 unspecified atom stereocenters. The molecule has 0 saturated carbocycles. The van der Waals surface area contributed by atoms with Crippen molar-refractivity contribution in [1.82, 2.24) is 0 Å². The van der Waals surface area contributed by atoms with Gasteiger partial charge in [-0.05, 0) is 40.3 Å². The molecule has 0 aliphatic carbocycles. The van der Waals surface area contributed by atoms with Gasteiger partial charge in [0.2, 0.25) is 0 Å². The van der Waals surface area contributed by atoms with Crippen molar-refractivity contribution in [2.75, 3.05) is 0 Å². The van der Waals surface area contributed by atoms with E-state index in [0.29, 0.717) is 0 Å². The van der Waals surface area contributed by atoms with Gasteiger partial charge in [0.05, 0.1) is 0 Å². The van der Waals surface area contributed by atoms with Gasteiger partial charge in [-0.25, -0.2) is 0 Å². The Morgan fingerprint density at radius 3 is 2.22 bits per heavy atom. The van der Waals surface area contributed by atoms with Crippen LogP contribution in [-0.2, 0) is 5.41 Å². The first kappa shape index (κ1) is 14.1. The molecule has 0 fully saturated rings. The van der Waals surface area contributed by atoms with Crippen LogP contribution >= 0.6 is 0 Å². The molecule has 0 aliphatic rings. The largest absolute Gasteiger partial charge is 0.456 e. The highest BCUT2D eigenvalue weighted by Crippen LogP contribution is 2.36. The molecule has 1 aromatic heterocycles. The molecule has 1 nitrogen and oxygen atoms in total. The summed E-state index contributed by atoms with van der Waals surface area (Å²) in [6.45, 7) is 6.78. The quantitative estimate of drug-likeness (QED) is 0.388. The zero-order chi connectivity index (χ0) is 16.0. The van der Waals surface area contributed by atoms with Crippen LogP contribution in [0, 0.1) is 0 Å². The van der Waals surface area contributed by atoms with E-state index in [-0.39, 0.29) is 5.41 Å². The lowest BCUT2D eigenvalue weighted by Gasteiger charge is -2.23. The lowest BCUT2D eigenvalue weighted by Crippen LogP contribution is -2.12. The average molecular weight is 300 g/mol. The van der Waals surface area contributed by atoms with Crippen LogP contribution in [0.2, 0.25) is 0 Å². The lowest BCUT2D eigenvalue weighted by atomic mass is 9.82. The SMILES string of the molecule is CC(C)(C)c1ccccc1-c1ccc2oc3ccccc3c2c1. The topological polar surface area (TPSA) is 13.1 Å². The van der Waals surface area contributed by atoms with Crippen molar-refractivity contribution in [2.24, 2.45) is 0 Å². The second-order valence-electron chi connectivity index (χ2n) is 7.10. The van der Waals surface area contributed by atoms with E-state index in [0.717, 1.165) is 11.2 Å². The monoisotopic (exact) mass is 300 g/mol. The molecular formula is C22H20O. The van der Waals surface area contributed by atoms with Gasteiger partial charge in [-0.15, -0.1) is 0 Å². The van der Waals surface area contributed by atoms with Gasteiger partial charge in [-0.3, -0.25) is 0 Å². The van der Waals surface area contributed by atoms with Crippen molar-refractivity contribution >= 4 is 21.9 Å². The summed E-state index contributed by atoms with van der Waals surface area (Å²) < 4.78 is 5.94. The van der Waals surface area contributed by atoms with E-state index < -0.39 is 0 Å². The Kier molecular flexibility index (Phi) is 3.05. The fourth-order valence-electron chi connectivity index (χ4n) is 3.28. The molecule has 23 heavy (non-hydrogen) atoms. The maximum atomic E-state index is 5.94. The molecule has 0 amide bonds. The highest BCUT2D eigenvalue weighted by atomic mass is 16.3. The van der Waals surface area contributed by atoms with Gasteiger partial charge < -0.3 is 4.42 Å².